The SMILES string of the molecule is Sc1cc(I)co1. The Morgan fingerprint density at radius 1 is 1.71 bits per heavy atom. The van der Waals surface area contributed by atoms with Gasteiger partial charge in [0.1, 0.15) is 6.26 Å². The summed E-state index contributed by atoms with van der Waals surface area (Å²) in [6, 6.07) is 1.85. The molecule has 0 aromatic carbocycles. The molecule has 0 fully saturated rings. The van der Waals surface area contributed by atoms with Gasteiger partial charge in [0.05, 0.1) is 3.57 Å². The van der Waals surface area contributed by atoms with Crippen LogP contribution in [0.3, 0.4) is 0 Å². The molecule has 7 heavy (non-hydrogen) atoms. The maximum absolute atomic E-state index is 4.82. The average Bonchev–Trinajstić information content (AvgIpc) is 1.87. The second kappa shape index (κ2) is 2.09. The van der Waals surface area contributed by atoms with Crippen molar-refractivity contribution in [2.24, 2.45) is 0 Å². The van der Waals surface area contributed by atoms with Crippen molar-refractivity contribution in [3.63, 3.8) is 0 Å². The fourth-order valence-corrected chi connectivity index (χ4v) is 1.15. The van der Waals surface area contributed by atoms with Crippen LogP contribution in [0.15, 0.2) is 21.8 Å². The topological polar surface area (TPSA) is 13.1 Å². The second-order valence-electron chi connectivity index (χ2n) is 1.10. The number of hydrogen-bond donors (Lipinski definition) is 1. The molecule has 1 heterocycles. The van der Waals surface area contributed by atoms with E-state index in [9.17, 15) is 0 Å². The molecule has 0 aliphatic carbocycles. The highest BCUT2D eigenvalue weighted by Gasteiger charge is 1.88. The first-order valence-electron chi connectivity index (χ1n) is 1.72. The smallest absolute Gasteiger partial charge is 0.158 e. The zero-order valence-corrected chi connectivity index (χ0v) is 6.44. The van der Waals surface area contributed by atoms with Crippen LogP contribution >= 0.6 is 35.2 Å². The van der Waals surface area contributed by atoms with Crippen molar-refractivity contribution in [3.05, 3.63) is 15.9 Å². The van der Waals surface area contributed by atoms with Gasteiger partial charge in [0.2, 0.25) is 0 Å². The molecule has 1 nitrogen and oxygen atoms in total. The summed E-state index contributed by atoms with van der Waals surface area (Å²) < 4.78 is 5.91. The lowest BCUT2D eigenvalue weighted by molar-refractivity contribution is 0.475. The quantitative estimate of drug-likeness (QED) is 0.528. The zero-order chi connectivity index (χ0) is 5.28. The summed E-state index contributed by atoms with van der Waals surface area (Å²) in [5, 5.41) is 0.671. The number of hydrogen-bond acceptors (Lipinski definition) is 2. The summed E-state index contributed by atoms with van der Waals surface area (Å²) >= 11 is 6.09. The van der Waals surface area contributed by atoms with Gasteiger partial charge in [0.15, 0.2) is 5.09 Å². The highest BCUT2D eigenvalue weighted by Crippen LogP contribution is 2.12. The molecule has 1 aromatic heterocycles. The van der Waals surface area contributed by atoms with E-state index < -0.39 is 0 Å². The molecule has 38 valence electrons. The van der Waals surface area contributed by atoms with E-state index in [1.54, 1.807) is 6.26 Å². The third kappa shape index (κ3) is 1.38. The Morgan fingerprint density at radius 2 is 2.43 bits per heavy atom. The lowest BCUT2D eigenvalue weighted by Gasteiger charge is -1.67. The predicted molar refractivity (Wildman–Crippen MR) is 38.7 cm³/mol. The summed E-state index contributed by atoms with van der Waals surface area (Å²) in [6.07, 6.45) is 1.66. The Balaban J connectivity index is 3.04. The monoisotopic (exact) mass is 226 g/mol. The van der Waals surface area contributed by atoms with Gasteiger partial charge >= 0.3 is 0 Å². The molecule has 0 saturated heterocycles. The van der Waals surface area contributed by atoms with Gasteiger partial charge in [-0.1, -0.05) is 0 Å². The van der Waals surface area contributed by atoms with Crippen LogP contribution in [-0.4, -0.2) is 0 Å². The molecule has 0 radical (unpaired) electrons. The van der Waals surface area contributed by atoms with Crippen LogP contribution in [0, 0.1) is 3.57 Å². The van der Waals surface area contributed by atoms with Crippen molar-refractivity contribution in [2.45, 2.75) is 5.09 Å². The zero-order valence-electron chi connectivity index (χ0n) is 3.39. The van der Waals surface area contributed by atoms with Gasteiger partial charge in [0, 0.05) is 6.07 Å². The van der Waals surface area contributed by atoms with Gasteiger partial charge in [0.25, 0.3) is 0 Å². The molecular weight excluding hydrogens is 223 g/mol. The molecule has 0 amide bonds. The van der Waals surface area contributed by atoms with E-state index in [0.29, 0.717) is 5.09 Å². The first-order chi connectivity index (χ1) is 3.29. The van der Waals surface area contributed by atoms with Crippen LogP contribution in [0.25, 0.3) is 0 Å². The molecule has 0 unspecified atom stereocenters. The van der Waals surface area contributed by atoms with E-state index in [0.717, 1.165) is 3.57 Å². The highest BCUT2D eigenvalue weighted by molar-refractivity contribution is 14.1. The van der Waals surface area contributed by atoms with Gasteiger partial charge < -0.3 is 4.42 Å². The Labute approximate surface area is 60.6 Å². The van der Waals surface area contributed by atoms with Crippen molar-refractivity contribution in [3.8, 4) is 0 Å². The van der Waals surface area contributed by atoms with Crippen LogP contribution in [-0.2, 0) is 0 Å². The molecule has 0 N–H and O–H groups in total. The Morgan fingerprint density at radius 3 is 2.57 bits per heavy atom. The first kappa shape index (κ1) is 5.50. The Bertz CT molecular complexity index is 144. The van der Waals surface area contributed by atoms with E-state index in [1.165, 1.54) is 0 Å². The van der Waals surface area contributed by atoms with E-state index >= 15 is 0 Å². The Kier molecular flexibility index (Phi) is 1.64. The number of furan rings is 1. The number of rotatable bonds is 0. The minimum absolute atomic E-state index is 0.671. The second-order valence-corrected chi connectivity index (χ2v) is 2.79. The van der Waals surface area contributed by atoms with Crippen molar-refractivity contribution >= 4 is 35.2 Å². The molecule has 0 saturated carbocycles. The fraction of sp³-hybridized carbons (Fsp3) is 0. The van der Waals surface area contributed by atoms with Gasteiger partial charge in [-0.15, -0.1) is 12.6 Å². The molecule has 1 rings (SSSR count). The summed E-state index contributed by atoms with van der Waals surface area (Å²) in [4.78, 5) is 0. The molecule has 1 aromatic rings. The summed E-state index contributed by atoms with van der Waals surface area (Å²) in [5.41, 5.74) is 0. The summed E-state index contributed by atoms with van der Waals surface area (Å²) in [6.45, 7) is 0. The molecular formula is C4H3IOS. The van der Waals surface area contributed by atoms with Crippen molar-refractivity contribution in [1.82, 2.24) is 0 Å². The van der Waals surface area contributed by atoms with Crippen LogP contribution in [0.2, 0.25) is 0 Å². The molecule has 0 aliphatic rings. The standard InChI is InChI=1S/C4H3IOS/c5-3-1-4(7)6-2-3/h1-2,7H. The average molecular weight is 226 g/mol. The number of thiol groups is 1. The van der Waals surface area contributed by atoms with Crippen molar-refractivity contribution < 1.29 is 4.42 Å². The lowest BCUT2D eigenvalue weighted by atomic mass is 10.7. The van der Waals surface area contributed by atoms with E-state index in [2.05, 4.69) is 35.2 Å². The normalized spacial score (nSPS) is 9.43. The maximum atomic E-state index is 4.82. The van der Waals surface area contributed by atoms with Gasteiger partial charge in [-0.25, -0.2) is 0 Å². The molecule has 0 bridgehead atoms. The Hall–Kier alpha value is 0.360. The van der Waals surface area contributed by atoms with Gasteiger partial charge in [-0.3, -0.25) is 0 Å². The molecule has 3 heteroatoms. The third-order valence-corrected chi connectivity index (χ3v) is 1.35. The van der Waals surface area contributed by atoms with Gasteiger partial charge in [-0.2, -0.15) is 0 Å². The molecule has 0 aliphatic heterocycles. The summed E-state index contributed by atoms with van der Waals surface area (Å²) in [7, 11) is 0. The van der Waals surface area contributed by atoms with E-state index in [4.69, 9.17) is 4.42 Å². The van der Waals surface area contributed by atoms with Crippen LogP contribution in [0.5, 0.6) is 0 Å². The predicted octanol–water partition coefficient (Wildman–Crippen LogP) is 2.17. The van der Waals surface area contributed by atoms with E-state index in [1.807, 2.05) is 6.07 Å². The first-order valence-corrected chi connectivity index (χ1v) is 3.24. The fourth-order valence-electron chi connectivity index (χ4n) is 0.303. The summed E-state index contributed by atoms with van der Waals surface area (Å²) in [5.74, 6) is 0. The minimum Gasteiger partial charge on any atom is -0.457 e. The van der Waals surface area contributed by atoms with E-state index in [-0.39, 0.29) is 0 Å². The van der Waals surface area contributed by atoms with Crippen LogP contribution < -0.4 is 0 Å². The highest BCUT2D eigenvalue weighted by atomic mass is 127. The largest absolute Gasteiger partial charge is 0.457 e. The lowest BCUT2D eigenvalue weighted by Crippen LogP contribution is -1.47. The van der Waals surface area contributed by atoms with Crippen LogP contribution in [0.1, 0.15) is 0 Å². The molecule has 0 spiro atoms. The van der Waals surface area contributed by atoms with Crippen LogP contribution in [0.4, 0.5) is 0 Å². The minimum atomic E-state index is 0.671. The maximum Gasteiger partial charge on any atom is 0.158 e. The molecule has 0 atom stereocenters. The van der Waals surface area contributed by atoms with Crippen molar-refractivity contribution in [1.29, 1.82) is 0 Å². The number of halogens is 1. The van der Waals surface area contributed by atoms with Crippen molar-refractivity contribution in [2.75, 3.05) is 0 Å². The van der Waals surface area contributed by atoms with Gasteiger partial charge in [-0.05, 0) is 22.6 Å². The third-order valence-electron chi connectivity index (χ3n) is 0.554.